The average Bonchev–Trinajstić information content (AvgIpc) is 2.95. The Labute approximate surface area is 247 Å². The van der Waals surface area contributed by atoms with Gasteiger partial charge in [-0.05, 0) is 92.1 Å². The molecule has 0 radical (unpaired) electrons. The largest absolute Gasteiger partial charge is 0.494 e. The first-order valence-corrected chi connectivity index (χ1v) is 13.9. The van der Waals surface area contributed by atoms with Crippen molar-refractivity contribution in [3.05, 3.63) is 76.3 Å². The van der Waals surface area contributed by atoms with Crippen molar-refractivity contribution in [1.29, 1.82) is 0 Å². The number of benzene rings is 3. The normalized spacial score (nSPS) is 10.6. The fourth-order valence-electron chi connectivity index (χ4n) is 3.46. The van der Waals surface area contributed by atoms with Crippen LogP contribution in [0.2, 0.25) is 0 Å². The van der Waals surface area contributed by atoms with Gasteiger partial charge in [-0.25, -0.2) is 5.43 Å². The fourth-order valence-corrected chi connectivity index (χ4v) is 3.94. The maximum absolute atomic E-state index is 12.4. The molecule has 0 saturated carbocycles. The summed E-state index contributed by atoms with van der Waals surface area (Å²) >= 11 is 3.40. The molecule has 3 amide bonds. The van der Waals surface area contributed by atoms with Crippen LogP contribution in [0.25, 0.3) is 0 Å². The predicted molar refractivity (Wildman–Crippen MR) is 162 cm³/mol. The molecule has 11 heteroatoms. The molecule has 3 aromatic rings. The van der Waals surface area contributed by atoms with Crippen LogP contribution in [0.3, 0.4) is 0 Å². The summed E-state index contributed by atoms with van der Waals surface area (Å²) in [4.78, 5) is 36.8. The van der Waals surface area contributed by atoms with Crippen LogP contribution in [-0.2, 0) is 14.4 Å². The van der Waals surface area contributed by atoms with E-state index in [1.165, 1.54) is 6.21 Å². The summed E-state index contributed by atoms with van der Waals surface area (Å²) in [6.07, 6.45) is 3.35. The second-order valence-corrected chi connectivity index (χ2v) is 9.73. The van der Waals surface area contributed by atoms with E-state index in [-0.39, 0.29) is 12.5 Å². The number of halogens is 1. The quantitative estimate of drug-likeness (QED) is 0.101. The summed E-state index contributed by atoms with van der Waals surface area (Å²) in [5.74, 6) is -0.654. The second-order valence-electron chi connectivity index (χ2n) is 8.81. The molecule has 3 N–H and O–H groups in total. The SMILES string of the molecule is CCCCOc1ccc(NC(=O)C(=O)N/N=C\c2ccc(OCC(=O)Nc3ccc(Br)cc3C)c(OCC)c2)cc1. The van der Waals surface area contributed by atoms with Crippen molar-refractivity contribution in [3.8, 4) is 17.2 Å². The van der Waals surface area contributed by atoms with Gasteiger partial charge in [0.25, 0.3) is 5.91 Å². The topological polar surface area (TPSA) is 127 Å². The Morgan fingerprint density at radius 2 is 1.66 bits per heavy atom. The lowest BCUT2D eigenvalue weighted by Gasteiger charge is -2.13. The van der Waals surface area contributed by atoms with Crippen molar-refractivity contribution in [2.24, 2.45) is 5.10 Å². The van der Waals surface area contributed by atoms with Crippen molar-refractivity contribution < 1.29 is 28.6 Å². The van der Waals surface area contributed by atoms with E-state index in [0.29, 0.717) is 47.4 Å². The molecule has 0 aromatic heterocycles. The molecule has 0 spiro atoms. The molecule has 0 saturated heterocycles. The summed E-state index contributed by atoms with van der Waals surface area (Å²) in [5.41, 5.74) is 4.84. The molecule has 10 nitrogen and oxygen atoms in total. The molecule has 3 rings (SSSR count). The van der Waals surface area contributed by atoms with Gasteiger partial charge in [-0.3, -0.25) is 14.4 Å². The second kappa shape index (κ2) is 16.0. The zero-order chi connectivity index (χ0) is 29.6. The molecule has 41 heavy (non-hydrogen) atoms. The molecular formula is C30H33BrN4O6. The van der Waals surface area contributed by atoms with Gasteiger partial charge in [-0.15, -0.1) is 0 Å². The number of anilines is 2. The number of hydrazone groups is 1. The van der Waals surface area contributed by atoms with Crippen LogP contribution in [0.15, 0.2) is 70.2 Å². The Morgan fingerprint density at radius 3 is 2.37 bits per heavy atom. The van der Waals surface area contributed by atoms with Gasteiger partial charge in [0.1, 0.15) is 5.75 Å². The fraction of sp³-hybridized carbons (Fsp3) is 0.267. The van der Waals surface area contributed by atoms with Crippen LogP contribution >= 0.6 is 15.9 Å². The number of ether oxygens (including phenoxy) is 3. The van der Waals surface area contributed by atoms with Crippen LogP contribution in [0.1, 0.15) is 37.8 Å². The van der Waals surface area contributed by atoms with Crippen molar-refractivity contribution in [3.63, 3.8) is 0 Å². The third-order valence-corrected chi connectivity index (χ3v) is 6.05. The minimum atomic E-state index is -0.929. The van der Waals surface area contributed by atoms with Crippen molar-refractivity contribution >= 4 is 51.2 Å². The number of unbranched alkanes of at least 4 members (excludes halogenated alkanes) is 1. The monoisotopic (exact) mass is 624 g/mol. The lowest BCUT2D eigenvalue weighted by atomic mass is 10.2. The lowest BCUT2D eigenvalue weighted by molar-refractivity contribution is -0.136. The van der Waals surface area contributed by atoms with Gasteiger partial charge < -0.3 is 24.8 Å². The molecule has 0 unspecified atom stereocenters. The zero-order valence-electron chi connectivity index (χ0n) is 23.2. The lowest BCUT2D eigenvalue weighted by Crippen LogP contribution is -2.32. The number of hydrogen-bond donors (Lipinski definition) is 3. The first kappa shape index (κ1) is 31.2. The number of carbonyl (C=O) groups excluding carboxylic acids is 3. The first-order valence-electron chi connectivity index (χ1n) is 13.1. The van der Waals surface area contributed by atoms with Crippen LogP contribution in [0.5, 0.6) is 17.2 Å². The summed E-state index contributed by atoms with van der Waals surface area (Å²) in [6.45, 7) is 6.56. The standard InChI is InChI=1S/C30H33BrN4O6/c1-4-6-15-40-24-11-9-23(10-12-24)33-29(37)30(38)35-32-18-21-7-14-26(27(17-21)39-5-2)41-19-28(36)34-25-13-8-22(31)16-20(25)3/h7-14,16-18H,4-6,15,19H2,1-3H3,(H,33,37)(H,34,36)(H,35,38)/b32-18-. The number of rotatable bonds is 13. The van der Waals surface area contributed by atoms with Crippen LogP contribution in [0, 0.1) is 6.92 Å². The minimum absolute atomic E-state index is 0.219. The van der Waals surface area contributed by atoms with E-state index in [9.17, 15) is 14.4 Å². The van der Waals surface area contributed by atoms with Gasteiger partial charge in [-0.2, -0.15) is 5.10 Å². The number of nitrogens with one attached hydrogen (secondary N) is 3. The van der Waals surface area contributed by atoms with Gasteiger partial charge in [0.15, 0.2) is 18.1 Å². The molecule has 0 aliphatic rings. The summed E-state index contributed by atoms with van der Waals surface area (Å²) < 4.78 is 17.8. The summed E-state index contributed by atoms with van der Waals surface area (Å²) in [5, 5.41) is 9.19. The number of aryl methyl sites for hydroxylation is 1. The van der Waals surface area contributed by atoms with Crippen molar-refractivity contribution in [1.82, 2.24) is 5.43 Å². The number of hydrogen-bond acceptors (Lipinski definition) is 7. The molecule has 3 aromatic carbocycles. The van der Waals surface area contributed by atoms with Gasteiger partial charge in [0, 0.05) is 15.8 Å². The molecule has 0 aliphatic carbocycles. The van der Waals surface area contributed by atoms with E-state index < -0.39 is 11.8 Å². The van der Waals surface area contributed by atoms with E-state index in [0.717, 1.165) is 22.9 Å². The molecule has 216 valence electrons. The third-order valence-electron chi connectivity index (χ3n) is 5.55. The van der Waals surface area contributed by atoms with Crippen LogP contribution in [-0.4, -0.2) is 43.8 Å². The van der Waals surface area contributed by atoms with Crippen LogP contribution < -0.4 is 30.3 Å². The first-order chi connectivity index (χ1) is 19.8. The molecular weight excluding hydrogens is 592 g/mol. The van der Waals surface area contributed by atoms with Gasteiger partial charge in [0.2, 0.25) is 0 Å². The molecule has 0 heterocycles. The number of carbonyl (C=O) groups is 3. The highest BCUT2D eigenvalue weighted by atomic mass is 79.9. The maximum atomic E-state index is 12.4. The Hall–Kier alpha value is -4.38. The van der Waals surface area contributed by atoms with E-state index in [4.69, 9.17) is 14.2 Å². The Kier molecular flexibility index (Phi) is 12.2. The zero-order valence-corrected chi connectivity index (χ0v) is 24.7. The van der Waals surface area contributed by atoms with E-state index in [1.54, 1.807) is 48.5 Å². The van der Waals surface area contributed by atoms with Crippen molar-refractivity contribution in [2.45, 2.75) is 33.6 Å². The van der Waals surface area contributed by atoms with Crippen molar-refractivity contribution in [2.75, 3.05) is 30.5 Å². The third kappa shape index (κ3) is 10.3. The highest BCUT2D eigenvalue weighted by molar-refractivity contribution is 9.10. The van der Waals surface area contributed by atoms with E-state index >= 15 is 0 Å². The Morgan fingerprint density at radius 1 is 0.878 bits per heavy atom. The predicted octanol–water partition coefficient (Wildman–Crippen LogP) is 5.44. The molecule has 0 bridgehead atoms. The smallest absolute Gasteiger partial charge is 0.329 e. The van der Waals surface area contributed by atoms with Gasteiger partial charge >= 0.3 is 11.8 Å². The number of nitrogens with zero attached hydrogens (tertiary/aromatic N) is 1. The number of amides is 3. The average molecular weight is 626 g/mol. The Balaban J connectivity index is 1.51. The minimum Gasteiger partial charge on any atom is -0.494 e. The summed E-state index contributed by atoms with van der Waals surface area (Å²) in [6, 6.07) is 17.3. The van der Waals surface area contributed by atoms with Gasteiger partial charge in [0.05, 0.1) is 19.4 Å². The molecule has 0 aliphatic heterocycles. The highest BCUT2D eigenvalue weighted by Gasteiger charge is 2.14. The van der Waals surface area contributed by atoms with E-state index in [1.807, 2.05) is 26.0 Å². The summed E-state index contributed by atoms with van der Waals surface area (Å²) in [7, 11) is 0. The maximum Gasteiger partial charge on any atom is 0.329 e. The van der Waals surface area contributed by atoms with E-state index in [2.05, 4.69) is 44.0 Å². The molecule has 0 fully saturated rings. The molecule has 0 atom stereocenters. The highest BCUT2D eigenvalue weighted by Crippen LogP contribution is 2.28. The van der Waals surface area contributed by atoms with Gasteiger partial charge in [-0.1, -0.05) is 29.3 Å². The Bertz CT molecular complexity index is 1380. The van der Waals surface area contributed by atoms with Crippen LogP contribution in [0.4, 0.5) is 11.4 Å².